The number of hydrogen-bond donors (Lipinski definition) is 1. The predicted octanol–water partition coefficient (Wildman–Crippen LogP) is 1.51. The zero-order valence-corrected chi connectivity index (χ0v) is 8.57. The summed E-state index contributed by atoms with van der Waals surface area (Å²) in [6.45, 7) is 0.464. The molecule has 0 amide bonds. The van der Waals surface area contributed by atoms with Crippen LogP contribution in [0.2, 0.25) is 0 Å². The maximum Gasteiger partial charge on any atom is 0.216 e. The maximum absolute atomic E-state index is 5.64. The monoisotopic (exact) mass is 220 g/mol. The predicted molar refractivity (Wildman–Crippen MR) is 56.5 cm³/mol. The van der Waals surface area contributed by atoms with Crippen molar-refractivity contribution in [2.24, 2.45) is 5.73 Å². The quantitative estimate of drug-likeness (QED) is 0.710. The fraction of sp³-hybridized carbons (Fsp3) is 0.111. The van der Waals surface area contributed by atoms with Crippen LogP contribution in [0.3, 0.4) is 0 Å². The van der Waals surface area contributed by atoms with Gasteiger partial charge in [-0.15, -0.1) is 21.5 Å². The van der Waals surface area contributed by atoms with Crippen molar-refractivity contribution in [1.82, 2.24) is 14.6 Å². The van der Waals surface area contributed by atoms with Crippen molar-refractivity contribution in [3.05, 3.63) is 29.5 Å². The fourth-order valence-electron chi connectivity index (χ4n) is 1.48. The van der Waals surface area contributed by atoms with Gasteiger partial charge in [0.15, 0.2) is 5.76 Å². The van der Waals surface area contributed by atoms with E-state index in [4.69, 9.17) is 10.2 Å². The number of rotatable bonds is 2. The van der Waals surface area contributed by atoms with Gasteiger partial charge in [-0.3, -0.25) is 4.40 Å². The summed E-state index contributed by atoms with van der Waals surface area (Å²) >= 11 is 1.52. The van der Waals surface area contributed by atoms with Crippen molar-refractivity contribution in [2.45, 2.75) is 6.54 Å². The Labute approximate surface area is 89.2 Å². The highest BCUT2D eigenvalue weighted by Gasteiger charge is 2.14. The van der Waals surface area contributed by atoms with Gasteiger partial charge in [-0.05, 0) is 12.1 Å². The zero-order chi connectivity index (χ0) is 10.3. The number of nitrogens with two attached hydrogens (primary N) is 1. The molecule has 3 heterocycles. The summed E-state index contributed by atoms with van der Waals surface area (Å²) in [6, 6.07) is 3.68. The van der Waals surface area contributed by atoms with E-state index >= 15 is 0 Å². The third-order valence-corrected chi connectivity index (χ3v) is 3.04. The molecule has 0 saturated heterocycles. The van der Waals surface area contributed by atoms with Gasteiger partial charge in [0, 0.05) is 11.9 Å². The van der Waals surface area contributed by atoms with Crippen LogP contribution in [0.15, 0.2) is 28.2 Å². The van der Waals surface area contributed by atoms with E-state index in [0.717, 1.165) is 10.7 Å². The SMILES string of the molecule is NCc1csc2nnc(-c3ccco3)n12. The van der Waals surface area contributed by atoms with Crippen LogP contribution >= 0.6 is 11.3 Å². The molecule has 0 aliphatic carbocycles. The fourth-order valence-corrected chi connectivity index (χ4v) is 2.32. The van der Waals surface area contributed by atoms with Crippen molar-refractivity contribution in [2.75, 3.05) is 0 Å². The van der Waals surface area contributed by atoms with E-state index in [1.165, 1.54) is 11.3 Å². The van der Waals surface area contributed by atoms with E-state index in [-0.39, 0.29) is 0 Å². The van der Waals surface area contributed by atoms with Crippen LogP contribution in [-0.4, -0.2) is 14.6 Å². The largest absolute Gasteiger partial charge is 0.461 e. The zero-order valence-electron chi connectivity index (χ0n) is 7.75. The first-order valence-electron chi connectivity index (χ1n) is 4.45. The number of hydrogen-bond acceptors (Lipinski definition) is 5. The van der Waals surface area contributed by atoms with Crippen molar-refractivity contribution in [3.63, 3.8) is 0 Å². The highest BCUT2D eigenvalue weighted by Crippen LogP contribution is 2.23. The summed E-state index contributed by atoms with van der Waals surface area (Å²) in [4.78, 5) is 0.835. The minimum atomic E-state index is 0.464. The first-order valence-corrected chi connectivity index (χ1v) is 5.33. The summed E-state index contributed by atoms with van der Waals surface area (Å²) in [5.74, 6) is 1.41. The first kappa shape index (κ1) is 8.63. The smallest absolute Gasteiger partial charge is 0.216 e. The van der Waals surface area contributed by atoms with E-state index in [1.807, 2.05) is 21.9 Å². The van der Waals surface area contributed by atoms with Gasteiger partial charge < -0.3 is 10.2 Å². The summed E-state index contributed by atoms with van der Waals surface area (Å²) in [7, 11) is 0. The highest BCUT2D eigenvalue weighted by atomic mass is 32.1. The Balaban J connectivity index is 2.31. The van der Waals surface area contributed by atoms with Crippen molar-refractivity contribution in [1.29, 1.82) is 0 Å². The van der Waals surface area contributed by atoms with E-state index in [9.17, 15) is 0 Å². The molecule has 76 valence electrons. The molecule has 0 fully saturated rings. The average molecular weight is 220 g/mol. The average Bonchev–Trinajstić information content (AvgIpc) is 2.94. The molecule has 6 heteroatoms. The molecule has 0 saturated carbocycles. The third kappa shape index (κ3) is 1.19. The molecule has 0 bridgehead atoms. The molecule has 0 aliphatic rings. The van der Waals surface area contributed by atoms with Crippen molar-refractivity contribution in [3.8, 4) is 11.6 Å². The molecule has 0 unspecified atom stereocenters. The van der Waals surface area contributed by atoms with Crippen LogP contribution in [0.5, 0.6) is 0 Å². The summed E-state index contributed by atoms with van der Waals surface area (Å²) < 4.78 is 7.22. The Morgan fingerprint density at radius 2 is 2.40 bits per heavy atom. The summed E-state index contributed by atoms with van der Waals surface area (Å²) in [6.07, 6.45) is 1.62. The molecule has 0 aliphatic heterocycles. The maximum atomic E-state index is 5.64. The lowest BCUT2D eigenvalue weighted by atomic mass is 10.4. The van der Waals surface area contributed by atoms with Gasteiger partial charge in [0.25, 0.3) is 0 Å². The Morgan fingerprint density at radius 3 is 3.13 bits per heavy atom. The minimum absolute atomic E-state index is 0.464. The third-order valence-electron chi connectivity index (χ3n) is 2.17. The second-order valence-corrected chi connectivity index (χ2v) is 3.89. The number of furan rings is 1. The molecule has 0 atom stereocenters. The van der Waals surface area contributed by atoms with E-state index in [0.29, 0.717) is 18.1 Å². The molecule has 0 aromatic carbocycles. The van der Waals surface area contributed by atoms with Gasteiger partial charge in [-0.2, -0.15) is 0 Å². The van der Waals surface area contributed by atoms with Crippen LogP contribution < -0.4 is 5.73 Å². The van der Waals surface area contributed by atoms with Crippen LogP contribution in [0.1, 0.15) is 5.69 Å². The molecule has 0 radical (unpaired) electrons. The van der Waals surface area contributed by atoms with Crippen LogP contribution in [0.4, 0.5) is 0 Å². The van der Waals surface area contributed by atoms with Gasteiger partial charge >= 0.3 is 0 Å². The molecular weight excluding hydrogens is 212 g/mol. The summed E-state index contributed by atoms with van der Waals surface area (Å²) in [5.41, 5.74) is 6.63. The lowest BCUT2D eigenvalue weighted by Crippen LogP contribution is -2.01. The molecule has 0 spiro atoms. The molecule has 3 aromatic heterocycles. The molecule has 5 nitrogen and oxygen atoms in total. The van der Waals surface area contributed by atoms with Crippen molar-refractivity contribution >= 4 is 16.3 Å². The van der Waals surface area contributed by atoms with Crippen LogP contribution in [0, 0.1) is 0 Å². The van der Waals surface area contributed by atoms with Gasteiger partial charge in [-0.1, -0.05) is 0 Å². The Hall–Kier alpha value is -1.66. The van der Waals surface area contributed by atoms with Crippen molar-refractivity contribution < 1.29 is 4.42 Å². The minimum Gasteiger partial charge on any atom is -0.461 e. The molecule has 15 heavy (non-hydrogen) atoms. The molecular formula is C9H8N4OS. The second kappa shape index (κ2) is 3.18. The van der Waals surface area contributed by atoms with Crippen LogP contribution in [-0.2, 0) is 6.54 Å². The Bertz CT molecular complexity index is 580. The molecule has 3 aromatic rings. The number of aromatic nitrogens is 3. The number of nitrogens with zero attached hydrogens (tertiary/aromatic N) is 3. The number of fused-ring (bicyclic) bond motifs is 1. The van der Waals surface area contributed by atoms with E-state index < -0.39 is 0 Å². The van der Waals surface area contributed by atoms with Gasteiger partial charge in [-0.25, -0.2) is 0 Å². The van der Waals surface area contributed by atoms with E-state index in [2.05, 4.69) is 10.2 Å². The molecule has 3 rings (SSSR count). The van der Waals surface area contributed by atoms with Gasteiger partial charge in [0.05, 0.1) is 12.0 Å². The van der Waals surface area contributed by atoms with Crippen LogP contribution in [0.25, 0.3) is 16.5 Å². The summed E-state index contributed by atoms with van der Waals surface area (Å²) in [5, 5.41) is 10.1. The lowest BCUT2D eigenvalue weighted by molar-refractivity contribution is 0.576. The van der Waals surface area contributed by atoms with Gasteiger partial charge in [0.2, 0.25) is 10.8 Å². The lowest BCUT2D eigenvalue weighted by Gasteiger charge is -1.96. The van der Waals surface area contributed by atoms with E-state index in [1.54, 1.807) is 6.26 Å². The number of thiazole rings is 1. The first-order chi connectivity index (χ1) is 7.40. The Morgan fingerprint density at radius 1 is 1.47 bits per heavy atom. The normalized spacial score (nSPS) is 11.3. The van der Waals surface area contributed by atoms with Gasteiger partial charge in [0.1, 0.15) is 0 Å². The molecule has 2 N–H and O–H groups in total. The topological polar surface area (TPSA) is 69.3 Å². The standard InChI is InChI=1S/C9H8N4OS/c10-4-6-5-15-9-12-11-8(13(6)9)7-2-1-3-14-7/h1-3,5H,4,10H2. The Kier molecular flexibility index (Phi) is 1.83. The highest BCUT2D eigenvalue weighted by molar-refractivity contribution is 7.15. The second-order valence-electron chi connectivity index (χ2n) is 3.05.